The van der Waals surface area contributed by atoms with E-state index in [0.717, 1.165) is 25.2 Å². The number of nitrogens with zero attached hydrogens (tertiary/aromatic N) is 1. The van der Waals surface area contributed by atoms with E-state index in [2.05, 4.69) is 31.0 Å². The van der Waals surface area contributed by atoms with Gasteiger partial charge in [-0.25, -0.2) is 0 Å². The Morgan fingerprint density at radius 3 is 2.69 bits per heavy atom. The standard InChI is InChI=1S/C11H24N2/c1-4-11(9-12-5-2)13-8-6-7-10(13)3/h10-12H,4-9H2,1-3H3. The van der Waals surface area contributed by atoms with E-state index in [4.69, 9.17) is 0 Å². The molecule has 13 heavy (non-hydrogen) atoms. The molecule has 0 aliphatic carbocycles. The number of nitrogens with one attached hydrogen (secondary N) is 1. The highest BCUT2D eigenvalue weighted by atomic mass is 15.2. The molecule has 1 aliphatic heterocycles. The van der Waals surface area contributed by atoms with E-state index in [9.17, 15) is 0 Å². The summed E-state index contributed by atoms with van der Waals surface area (Å²) in [7, 11) is 0. The van der Waals surface area contributed by atoms with Gasteiger partial charge in [0.1, 0.15) is 0 Å². The Kier molecular flexibility index (Phi) is 4.74. The molecule has 2 nitrogen and oxygen atoms in total. The summed E-state index contributed by atoms with van der Waals surface area (Å²) in [5.41, 5.74) is 0. The summed E-state index contributed by atoms with van der Waals surface area (Å²) < 4.78 is 0. The van der Waals surface area contributed by atoms with Gasteiger partial charge in [-0.05, 0) is 39.3 Å². The van der Waals surface area contributed by atoms with E-state index in [1.807, 2.05) is 0 Å². The van der Waals surface area contributed by atoms with Gasteiger partial charge in [-0.3, -0.25) is 4.90 Å². The highest BCUT2D eigenvalue weighted by Crippen LogP contribution is 2.20. The number of hydrogen-bond acceptors (Lipinski definition) is 2. The quantitative estimate of drug-likeness (QED) is 0.701. The lowest BCUT2D eigenvalue weighted by atomic mass is 10.1. The molecule has 1 saturated heterocycles. The number of hydrogen-bond donors (Lipinski definition) is 1. The van der Waals surface area contributed by atoms with Crippen molar-refractivity contribution in [1.82, 2.24) is 10.2 Å². The van der Waals surface area contributed by atoms with Crippen LogP contribution in [0, 0.1) is 0 Å². The predicted molar refractivity (Wildman–Crippen MR) is 58.0 cm³/mol. The lowest BCUT2D eigenvalue weighted by molar-refractivity contribution is 0.181. The Hall–Kier alpha value is -0.0800. The van der Waals surface area contributed by atoms with Gasteiger partial charge in [0.05, 0.1) is 0 Å². The zero-order chi connectivity index (χ0) is 9.68. The molecule has 2 atom stereocenters. The summed E-state index contributed by atoms with van der Waals surface area (Å²) in [6.07, 6.45) is 4.06. The van der Waals surface area contributed by atoms with Crippen molar-refractivity contribution in [3.63, 3.8) is 0 Å². The molecule has 0 aromatic heterocycles. The van der Waals surface area contributed by atoms with E-state index >= 15 is 0 Å². The summed E-state index contributed by atoms with van der Waals surface area (Å²) in [4.78, 5) is 2.67. The first-order valence-corrected chi connectivity index (χ1v) is 5.76. The van der Waals surface area contributed by atoms with Gasteiger partial charge in [-0.2, -0.15) is 0 Å². The molecule has 2 heteroatoms. The molecule has 0 aromatic carbocycles. The molecule has 0 amide bonds. The normalized spacial score (nSPS) is 26.5. The molecule has 1 heterocycles. The Balaban J connectivity index is 2.35. The van der Waals surface area contributed by atoms with Crippen molar-refractivity contribution in [3.8, 4) is 0 Å². The van der Waals surface area contributed by atoms with Gasteiger partial charge < -0.3 is 5.32 Å². The maximum absolute atomic E-state index is 3.46. The Bertz CT molecular complexity index is 136. The molecular weight excluding hydrogens is 160 g/mol. The molecule has 2 unspecified atom stereocenters. The molecule has 0 spiro atoms. The topological polar surface area (TPSA) is 15.3 Å². The second-order valence-electron chi connectivity index (χ2n) is 4.10. The van der Waals surface area contributed by atoms with E-state index in [-0.39, 0.29) is 0 Å². The third kappa shape index (κ3) is 2.96. The first kappa shape index (κ1) is 11.0. The minimum Gasteiger partial charge on any atom is -0.315 e. The van der Waals surface area contributed by atoms with Crippen LogP contribution in [0.15, 0.2) is 0 Å². The largest absolute Gasteiger partial charge is 0.315 e. The maximum Gasteiger partial charge on any atom is 0.0220 e. The molecule has 1 fully saturated rings. The van der Waals surface area contributed by atoms with Crippen LogP contribution in [0.2, 0.25) is 0 Å². The molecule has 1 aliphatic rings. The number of likely N-dealkylation sites (N-methyl/N-ethyl adjacent to an activating group) is 1. The highest BCUT2D eigenvalue weighted by molar-refractivity contribution is 4.82. The first-order chi connectivity index (χ1) is 6.29. The lowest BCUT2D eigenvalue weighted by Gasteiger charge is -2.30. The van der Waals surface area contributed by atoms with Crippen molar-refractivity contribution < 1.29 is 0 Å². The van der Waals surface area contributed by atoms with Crippen molar-refractivity contribution in [2.24, 2.45) is 0 Å². The van der Waals surface area contributed by atoms with Gasteiger partial charge in [0.2, 0.25) is 0 Å². The van der Waals surface area contributed by atoms with Crippen LogP contribution < -0.4 is 5.32 Å². The van der Waals surface area contributed by atoms with Gasteiger partial charge in [0.25, 0.3) is 0 Å². The number of rotatable bonds is 5. The fourth-order valence-corrected chi connectivity index (χ4v) is 2.30. The van der Waals surface area contributed by atoms with Crippen LogP contribution in [-0.2, 0) is 0 Å². The van der Waals surface area contributed by atoms with E-state index in [1.165, 1.54) is 25.8 Å². The molecule has 1 rings (SSSR count). The smallest absolute Gasteiger partial charge is 0.0220 e. The monoisotopic (exact) mass is 184 g/mol. The van der Waals surface area contributed by atoms with Crippen LogP contribution in [0.25, 0.3) is 0 Å². The van der Waals surface area contributed by atoms with Crippen LogP contribution in [0.3, 0.4) is 0 Å². The zero-order valence-electron chi connectivity index (χ0n) is 9.34. The van der Waals surface area contributed by atoms with E-state index in [1.54, 1.807) is 0 Å². The minimum absolute atomic E-state index is 0.762. The Labute approximate surface area is 82.7 Å². The van der Waals surface area contributed by atoms with Gasteiger partial charge in [-0.15, -0.1) is 0 Å². The van der Waals surface area contributed by atoms with Gasteiger partial charge in [0, 0.05) is 18.6 Å². The van der Waals surface area contributed by atoms with Crippen LogP contribution >= 0.6 is 0 Å². The average molecular weight is 184 g/mol. The third-order valence-electron chi connectivity index (χ3n) is 3.17. The van der Waals surface area contributed by atoms with Crippen LogP contribution in [0.4, 0.5) is 0 Å². The molecule has 0 aromatic rings. The average Bonchev–Trinajstić information content (AvgIpc) is 2.54. The van der Waals surface area contributed by atoms with Crippen molar-refractivity contribution in [2.75, 3.05) is 19.6 Å². The van der Waals surface area contributed by atoms with Crippen LogP contribution in [0.5, 0.6) is 0 Å². The summed E-state index contributed by atoms with van der Waals surface area (Å²) >= 11 is 0. The molecule has 0 radical (unpaired) electrons. The molecule has 0 saturated carbocycles. The van der Waals surface area contributed by atoms with Gasteiger partial charge >= 0.3 is 0 Å². The second kappa shape index (κ2) is 5.61. The number of likely N-dealkylation sites (tertiary alicyclic amines) is 1. The highest BCUT2D eigenvalue weighted by Gasteiger charge is 2.25. The summed E-state index contributed by atoms with van der Waals surface area (Å²) in [5, 5.41) is 3.46. The lowest BCUT2D eigenvalue weighted by Crippen LogP contribution is -2.43. The molecule has 0 bridgehead atoms. The maximum atomic E-state index is 3.46. The first-order valence-electron chi connectivity index (χ1n) is 5.76. The molecule has 78 valence electrons. The summed E-state index contributed by atoms with van der Waals surface area (Å²) in [5.74, 6) is 0. The van der Waals surface area contributed by atoms with Gasteiger partial charge in [0.15, 0.2) is 0 Å². The fraction of sp³-hybridized carbons (Fsp3) is 1.00. The van der Waals surface area contributed by atoms with Crippen molar-refractivity contribution >= 4 is 0 Å². The fourth-order valence-electron chi connectivity index (χ4n) is 2.30. The molecule has 1 N–H and O–H groups in total. The SMILES string of the molecule is CCNCC(CC)N1CCCC1C. The van der Waals surface area contributed by atoms with E-state index < -0.39 is 0 Å². The van der Waals surface area contributed by atoms with Crippen LogP contribution in [0.1, 0.15) is 40.0 Å². The van der Waals surface area contributed by atoms with E-state index in [0.29, 0.717) is 0 Å². The molecular formula is C11H24N2. The van der Waals surface area contributed by atoms with Crippen molar-refractivity contribution in [3.05, 3.63) is 0 Å². The zero-order valence-corrected chi connectivity index (χ0v) is 9.34. The van der Waals surface area contributed by atoms with Crippen molar-refractivity contribution in [2.45, 2.75) is 52.1 Å². The van der Waals surface area contributed by atoms with Crippen LogP contribution in [-0.4, -0.2) is 36.6 Å². The Morgan fingerprint density at radius 2 is 2.23 bits per heavy atom. The predicted octanol–water partition coefficient (Wildman–Crippen LogP) is 1.86. The summed E-state index contributed by atoms with van der Waals surface area (Å²) in [6.45, 7) is 10.4. The van der Waals surface area contributed by atoms with Gasteiger partial charge in [-0.1, -0.05) is 13.8 Å². The second-order valence-corrected chi connectivity index (χ2v) is 4.10. The minimum atomic E-state index is 0.762. The summed E-state index contributed by atoms with van der Waals surface area (Å²) in [6, 6.07) is 1.57. The third-order valence-corrected chi connectivity index (χ3v) is 3.17. The Morgan fingerprint density at radius 1 is 1.46 bits per heavy atom. The van der Waals surface area contributed by atoms with Crippen molar-refractivity contribution in [1.29, 1.82) is 0 Å².